The minimum absolute atomic E-state index is 0.183. The maximum Gasteiger partial charge on any atom is 0.417 e. The second-order valence-corrected chi connectivity index (χ2v) is 10.7. The monoisotopic (exact) mass is 599 g/mol. The van der Waals surface area contributed by atoms with Gasteiger partial charge in [-0.15, -0.1) is 0 Å². The number of benzene rings is 2. The fourth-order valence-corrected chi connectivity index (χ4v) is 5.52. The highest BCUT2D eigenvalue weighted by Crippen LogP contribution is 2.33. The van der Waals surface area contributed by atoms with Crippen molar-refractivity contribution in [3.63, 3.8) is 0 Å². The Labute approximate surface area is 258 Å². The predicted octanol–water partition coefficient (Wildman–Crippen LogP) is 5.08. The molecule has 0 unspecified atom stereocenters. The molecule has 44 heavy (non-hydrogen) atoms. The van der Waals surface area contributed by atoms with E-state index in [1.54, 1.807) is 25.6 Å². The number of amides is 1. The van der Waals surface area contributed by atoms with E-state index in [1.807, 2.05) is 48.0 Å². The molecule has 3 N–H and O–H groups in total. The second-order valence-electron chi connectivity index (χ2n) is 10.7. The molecule has 3 heterocycles. The zero-order valence-electron chi connectivity index (χ0n) is 25.8. The minimum Gasteiger partial charge on any atom is -0.494 e. The number of ether oxygens (including phenoxy) is 2. The highest BCUT2D eigenvalue weighted by Gasteiger charge is 2.19. The van der Waals surface area contributed by atoms with Crippen molar-refractivity contribution in [1.82, 2.24) is 19.4 Å². The van der Waals surface area contributed by atoms with Gasteiger partial charge in [-0.3, -0.25) is 10.2 Å². The summed E-state index contributed by atoms with van der Waals surface area (Å²) in [5.41, 5.74) is 6.22. The third kappa shape index (κ3) is 7.12. The van der Waals surface area contributed by atoms with Crippen molar-refractivity contribution in [2.24, 2.45) is 7.05 Å². The first-order valence-corrected chi connectivity index (χ1v) is 15.0. The Hall–Kier alpha value is -4.61. The van der Waals surface area contributed by atoms with E-state index in [2.05, 4.69) is 45.3 Å². The lowest BCUT2D eigenvalue weighted by Gasteiger charge is -2.36. The largest absolute Gasteiger partial charge is 0.494 e. The number of nitrogens with zero attached hydrogens (tertiary/aromatic N) is 5. The molecule has 2 aromatic carbocycles. The number of hydrogen-bond donors (Lipinski definition) is 3. The normalized spacial score (nSPS) is 13.5. The van der Waals surface area contributed by atoms with Crippen LogP contribution in [0.3, 0.4) is 0 Å². The molecule has 5 rings (SSSR count). The van der Waals surface area contributed by atoms with Gasteiger partial charge in [-0.2, -0.15) is 0 Å². The number of carbonyl (C=O) groups is 1. The maximum absolute atomic E-state index is 12.9. The topological polar surface area (TPSA) is 117 Å². The standard InChI is InChI=1S/C33H41N7O4/c1-5-23-8-7-9-24(6-2)31(23)37-33(42)44-26-21-29(38(3)22-26)27-12-13-34-32(35-27)36-28-11-10-25(20-30(28)43-4)40-16-14-39(15-17-40)18-19-41/h7-13,20-22,41H,5-6,14-19H2,1-4H3,(H,37,42)(H,34,35,36). The molecule has 1 aliphatic heterocycles. The van der Waals surface area contributed by atoms with Crippen molar-refractivity contribution in [2.75, 3.05) is 62.0 Å². The van der Waals surface area contributed by atoms with Gasteiger partial charge in [0.25, 0.3) is 0 Å². The average molecular weight is 600 g/mol. The number of carbonyl (C=O) groups excluding carboxylic acids is 1. The predicted molar refractivity (Wildman–Crippen MR) is 173 cm³/mol. The first-order valence-electron chi connectivity index (χ1n) is 15.0. The third-order valence-electron chi connectivity index (χ3n) is 7.92. The van der Waals surface area contributed by atoms with E-state index in [0.29, 0.717) is 29.7 Å². The number of hydrogen-bond acceptors (Lipinski definition) is 9. The summed E-state index contributed by atoms with van der Waals surface area (Å²) < 4.78 is 13.2. The van der Waals surface area contributed by atoms with Crippen LogP contribution in [0.1, 0.15) is 25.0 Å². The number of rotatable bonds is 11. The Morgan fingerprint density at radius 1 is 1.02 bits per heavy atom. The van der Waals surface area contributed by atoms with Crippen molar-refractivity contribution >= 4 is 29.1 Å². The Kier molecular flexibility index (Phi) is 9.98. The number of nitrogens with one attached hydrogen (secondary N) is 2. The van der Waals surface area contributed by atoms with Crippen LogP contribution in [-0.2, 0) is 19.9 Å². The molecule has 11 heteroatoms. The lowest BCUT2D eigenvalue weighted by atomic mass is 10.0. The summed E-state index contributed by atoms with van der Waals surface area (Å²) in [4.78, 5) is 26.6. The van der Waals surface area contributed by atoms with Gasteiger partial charge in [-0.1, -0.05) is 32.0 Å². The second kappa shape index (κ2) is 14.2. The molecule has 1 aliphatic rings. The average Bonchev–Trinajstić information content (AvgIpc) is 3.41. The number of aliphatic hydroxyl groups is 1. The number of para-hydroxylation sites is 1. The fourth-order valence-electron chi connectivity index (χ4n) is 5.52. The van der Waals surface area contributed by atoms with E-state index in [1.165, 1.54) is 0 Å². The molecular formula is C33H41N7O4. The lowest BCUT2D eigenvalue weighted by Crippen LogP contribution is -2.47. The van der Waals surface area contributed by atoms with Gasteiger partial charge in [0, 0.05) is 70.0 Å². The van der Waals surface area contributed by atoms with Crippen molar-refractivity contribution in [2.45, 2.75) is 26.7 Å². The van der Waals surface area contributed by atoms with Crippen LogP contribution in [0, 0.1) is 0 Å². The zero-order valence-corrected chi connectivity index (χ0v) is 25.8. The van der Waals surface area contributed by atoms with E-state index in [0.717, 1.165) is 72.9 Å². The van der Waals surface area contributed by atoms with Crippen LogP contribution in [0.5, 0.6) is 11.5 Å². The molecule has 0 radical (unpaired) electrons. The summed E-state index contributed by atoms with van der Waals surface area (Å²) in [7, 11) is 3.52. The molecule has 0 spiro atoms. The molecule has 1 amide bonds. The van der Waals surface area contributed by atoms with Crippen LogP contribution in [0.15, 0.2) is 60.9 Å². The minimum atomic E-state index is -0.537. The summed E-state index contributed by atoms with van der Waals surface area (Å²) in [5, 5.41) is 15.4. The Balaban J connectivity index is 1.27. The Bertz CT molecular complexity index is 1560. The maximum atomic E-state index is 12.9. The third-order valence-corrected chi connectivity index (χ3v) is 7.92. The SMILES string of the molecule is CCc1cccc(CC)c1NC(=O)Oc1cc(-c2ccnc(Nc3ccc(N4CCN(CCO)CC4)cc3OC)n2)n(C)c1. The quantitative estimate of drug-likeness (QED) is 0.217. The van der Waals surface area contributed by atoms with Crippen molar-refractivity contribution in [1.29, 1.82) is 0 Å². The number of methoxy groups -OCH3 is 1. The molecule has 0 bridgehead atoms. The van der Waals surface area contributed by atoms with E-state index in [-0.39, 0.29) is 6.61 Å². The van der Waals surface area contributed by atoms with Crippen molar-refractivity contribution in [3.8, 4) is 22.9 Å². The van der Waals surface area contributed by atoms with E-state index in [4.69, 9.17) is 14.5 Å². The summed E-state index contributed by atoms with van der Waals surface area (Å²) in [6, 6.07) is 15.7. The molecule has 232 valence electrons. The molecule has 4 aromatic rings. The first-order chi connectivity index (χ1) is 21.4. The van der Waals surface area contributed by atoms with E-state index in [9.17, 15) is 9.90 Å². The van der Waals surface area contributed by atoms with Gasteiger partial charge < -0.3 is 29.4 Å². The van der Waals surface area contributed by atoms with Gasteiger partial charge in [0.05, 0.1) is 36.5 Å². The van der Waals surface area contributed by atoms with Crippen LogP contribution < -0.4 is 25.0 Å². The smallest absolute Gasteiger partial charge is 0.417 e. The van der Waals surface area contributed by atoms with Crippen molar-refractivity contribution in [3.05, 3.63) is 72.1 Å². The van der Waals surface area contributed by atoms with Gasteiger partial charge in [0.1, 0.15) is 5.75 Å². The molecular weight excluding hydrogens is 558 g/mol. The van der Waals surface area contributed by atoms with Crippen LogP contribution in [0.2, 0.25) is 0 Å². The van der Waals surface area contributed by atoms with Crippen molar-refractivity contribution < 1.29 is 19.4 Å². The lowest BCUT2D eigenvalue weighted by molar-refractivity contribution is 0.189. The number of piperazine rings is 1. The Morgan fingerprint density at radius 3 is 2.45 bits per heavy atom. The Morgan fingerprint density at radius 2 is 1.77 bits per heavy atom. The molecule has 1 fully saturated rings. The van der Waals surface area contributed by atoms with Crippen LogP contribution >= 0.6 is 0 Å². The van der Waals surface area contributed by atoms with Gasteiger partial charge in [0.2, 0.25) is 5.95 Å². The van der Waals surface area contributed by atoms with Gasteiger partial charge in [-0.05, 0) is 42.2 Å². The molecule has 0 atom stereocenters. The van der Waals surface area contributed by atoms with Crippen LogP contribution in [0.25, 0.3) is 11.4 Å². The summed E-state index contributed by atoms with van der Waals surface area (Å²) in [6.07, 6.45) is 4.52. The van der Waals surface area contributed by atoms with Crippen LogP contribution in [-0.4, -0.2) is 77.1 Å². The summed E-state index contributed by atoms with van der Waals surface area (Å²) in [5.74, 6) is 1.51. The molecule has 1 saturated heterocycles. The summed E-state index contributed by atoms with van der Waals surface area (Å²) >= 11 is 0. The number of anilines is 4. The molecule has 0 saturated carbocycles. The van der Waals surface area contributed by atoms with Crippen LogP contribution in [0.4, 0.5) is 27.8 Å². The number of aryl methyl sites for hydroxylation is 3. The molecule has 0 aliphatic carbocycles. The molecule has 2 aromatic heterocycles. The highest BCUT2D eigenvalue weighted by atomic mass is 16.6. The van der Waals surface area contributed by atoms with Gasteiger partial charge in [-0.25, -0.2) is 14.8 Å². The van der Waals surface area contributed by atoms with Gasteiger partial charge in [0.15, 0.2) is 5.75 Å². The zero-order chi connectivity index (χ0) is 31.1. The molecule has 11 nitrogen and oxygen atoms in total. The van der Waals surface area contributed by atoms with E-state index >= 15 is 0 Å². The fraction of sp³-hybridized carbons (Fsp3) is 0.364. The number of β-amino-alcohol motifs (C(OH)–C–C–N with tert-alkyl or cyclic N) is 1. The van der Waals surface area contributed by atoms with E-state index < -0.39 is 6.09 Å². The number of aliphatic hydroxyl groups excluding tert-OH is 1. The summed E-state index contributed by atoms with van der Waals surface area (Å²) in [6.45, 7) is 8.61. The first kappa shape index (κ1) is 30.8. The van der Waals surface area contributed by atoms with Gasteiger partial charge >= 0.3 is 6.09 Å². The highest BCUT2D eigenvalue weighted by molar-refractivity contribution is 5.88. The number of aromatic nitrogens is 3.